The Balaban J connectivity index is 2.39. The van der Waals surface area contributed by atoms with Crippen LogP contribution in [-0.2, 0) is 9.59 Å². The van der Waals surface area contributed by atoms with Gasteiger partial charge in [0.2, 0.25) is 0 Å². The Morgan fingerprint density at radius 1 is 1.32 bits per heavy atom. The quantitative estimate of drug-likeness (QED) is 0.200. The Morgan fingerprint density at radius 2 is 2.04 bits per heavy atom. The maximum Gasteiger partial charge on any atom is 0.265 e. The minimum Gasteiger partial charge on any atom is -0.487 e. The number of ether oxygens (including phenoxy) is 1. The van der Waals surface area contributed by atoms with Crippen LogP contribution in [0.1, 0.15) is 5.56 Å². The van der Waals surface area contributed by atoms with Gasteiger partial charge in [-0.15, -0.1) is 6.58 Å². The van der Waals surface area contributed by atoms with Crippen molar-refractivity contribution < 1.29 is 14.3 Å². The van der Waals surface area contributed by atoms with E-state index in [4.69, 9.17) is 17.0 Å². The minimum atomic E-state index is -0.520. The number of hydrogen-bond donors (Lipinski definition) is 1. The lowest BCUT2D eigenvalue weighted by Crippen LogP contribution is -2.53. The van der Waals surface area contributed by atoms with Gasteiger partial charge in [0.25, 0.3) is 11.8 Å². The SMILES string of the molecule is C=CCOc1c(Br)cc(/C=C2\C(=O)NC(=S)N(CC=C)C2=O)cc1I. The van der Waals surface area contributed by atoms with Crippen molar-refractivity contribution in [2.75, 3.05) is 13.2 Å². The van der Waals surface area contributed by atoms with Crippen molar-refractivity contribution in [3.8, 4) is 5.75 Å². The van der Waals surface area contributed by atoms with E-state index < -0.39 is 11.8 Å². The molecule has 1 saturated heterocycles. The summed E-state index contributed by atoms with van der Waals surface area (Å²) in [4.78, 5) is 26.0. The Labute approximate surface area is 173 Å². The Kier molecular flexibility index (Phi) is 6.91. The van der Waals surface area contributed by atoms with Gasteiger partial charge in [0.15, 0.2) is 5.11 Å². The van der Waals surface area contributed by atoms with Crippen molar-refractivity contribution in [3.05, 3.63) is 56.6 Å². The molecule has 1 heterocycles. The van der Waals surface area contributed by atoms with Crippen molar-refractivity contribution in [2.45, 2.75) is 0 Å². The lowest BCUT2D eigenvalue weighted by atomic mass is 10.1. The lowest BCUT2D eigenvalue weighted by molar-refractivity contribution is -0.128. The van der Waals surface area contributed by atoms with E-state index in [1.165, 1.54) is 11.0 Å². The molecule has 0 unspecified atom stereocenters. The third kappa shape index (κ3) is 4.56. The number of amides is 2. The van der Waals surface area contributed by atoms with E-state index in [1.807, 2.05) is 6.07 Å². The summed E-state index contributed by atoms with van der Waals surface area (Å²) in [5.74, 6) is -0.295. The van der Waals surface area contributed by atoms with Crippen LogP contribution < -0.4 is 10.1 Å². The summed E-state index contributed by atoms with van der Waals surface area (Å²) in [5.41, 5.74) is 0.699. The van der Waals surface area contributed by atoms with Gasteiger partial charge in [0.1, 0.15) is 17.9 Å². The van der Waals surface area contributed by atoms with Gasteiger partial charge in [0.05, 0.1) is 8.04 Å². The van der Waals surface area contributed by atoms with Gasteiger partial charge in [0, 0.05) is 6.54 Å². The van der Waals surface area contributed by atoms with Crippen LogP contribution in [0.25, 0.3) is 6.08 Å². The van der Waals surface area contributed by atoms with Crippen molar-refractivity contribution >= 4 is 73.7 Å². The highest BCUT2D eigenvalue weighted by Gasteiger charge is 2.32. The lowest BCUT2D eigenvalue weighted by Gasteiger charge is -2.27. The van der Waals surface area contributed by atoms with Crippen LogP contribution in [0, 0.1) is 3.57 Å². The number of halogens is 2. The summed E-state index contributed by atoms with van der Waals surface area (Å²) in [5, 5.41) is 2.60. The molecule has 0 spiro atoms. The highest BCUT2D eigenvalue weighted by Crippen LogP contribution is 2.33. The molecule has 2 amide bonds. The number of benzene rings is 1. The maximum absolute atomic E-state index is 12.5. The molecule has 1 aliphatic rings. The van der Waals surface area contributed by atoms with Gasteiger partial charge >= 0.3 is 0 Å². The second-order valence-electron chi connectivity index (χ2n) is 4.94. The fourth-order valence-electron chi connectivity index (χ4n) is 2.10. The van der Waals surface area contributed by atoms with E-state index >= 15 is 0 Å². The highest BCUT2D eigenvalue weighted by molar-refractivity contribution is 14.1. The molecule has 1 N–H and O–H groups in total. The third-order valence-corrected chi connectivity index (χ3v) is 4.89. The van der Waals surface area contributed by atoms with Crippen LogP contribution in [0.15, 0.2) is 47.5 Å². The molecule has 0 radical (unpaired) electrons. The summed E-state index contributed by atoms with van der Waals surface area (Å²) < 4.78 is 7.15. The van der Waals surface area contributed by atoms with Crippen LogP contribution in [0.3, 0.4) is 0 Å². The third-order valence-electron chi connectivity index (χ3n) is 3.17. The first kappa shape index (κ1) is 19.8. The first-order chi connectivity index (χ1) is 11.9. The zero-order valence-electron chi connectivity index (χ0n) is 13.1. The normalized spacial score (nSPS) is 16.0. The number of carbonyl (C=O) groups is 2. The fraction of sp³-hybridized carbons (Fsp3) is 0.118. The smallest absolute Gasteiger partial charge is 0.265 e. The number of nitrogens with one attached hydrogen (secondary N) is 1. The second kappa shape index (κ2) is 8.72. The molecule has 8 heteroatoms. The topological polar surface area (TPSA) is 58.6 Å². The monoisotopic (exact) mass is 532 g/mol. The fourth-order valence-corrected chi connectivity index (χ4v) is 4.12. The molecule has 1 fully saturated rings. The van der Waals surface area contributed by atoms with Gasteiger partial charge in [-0.1, -0.05) is 18.7 Å². The van der Waals surface area contributed by atoms with Gasteiger partial charge in [-0.2, -0.15) is 0 Å². The zero-order valence-corrected chi connectivity index (χ0v) is 17.6. The molecule has 1 aromatic rings. The van der Waals surface area contributed by atoms with Crippen LogP contribution >= 0.6 is 50.7 Å². The molecule has 1 aliphatic heterocycles. The van der Waals surface area contributed by atoms with E-state index in [9.17, 15) is 9.59 Å². The molecule has 0 aromatic heterocycles. The predicted octanol–water partition coefficient (Wildman–Crippen LogP) is 3.43. The Hall–Kier alpha value is -1.52. The molecule has 0 saturated carbocycles. The average Bonchev–Trinajstić information content (AvgIpc) is 2.55. The Bertz CT molecular complexity index is 784. The number of hydrogen-bond acceptors (Lipinski definition) is 4. The van der Waals surface area contributed by atoms with Crippen molar-refractivity contribution in [3.63, 3.8) is 0 Å². The van der Waals surface area contributed by atoms with Crippen LogP contribution in [-0.4, -0.2) is 35.0 Å². The van der Waals surface area contributed by atoms with Crippen molar-refractivity contribution in [2.24, 2.45) is 0 Å². The zero-order chi connectivity index (χ0) is 18.6. The van der Waals surface area contributed by atoms with Gasteiger partial charge < -0.3 is 4.74 Å². The number of carbonyl (C=O) groups excluding carboxylic acids is 2. The molecule has 0 aliphatic carbocycles. The summed E-state index contributed by atoms with van der Waals surface area (Å²) >= 11 is 10.6. The first-order valence-electron chi connectivity index (χ1n) is 7.11. The number of nitrogens with zero attached hydrogens (tertiary/aromatic N) is 1. The number of thiocarbonyl (C=S) groups is 1. The molecular weight excluding hydrogens is 519 g/mol. The van der Waals surface area contributed by atoms with Gasteiger partial charge in [-0.05, 0) is 74.5 Å². The standard InChI is InChI=1S/C17H14BrIN2O3S/c1-3-5-21-16(23)11(15(22)20-17(21)25)7-10-8-12(18)14(13(19)9-10)24-6-4-2/h3-4,7-9H,1-2,5-6H2,(H,20,22,25)/b11-7+. The first-order valence-corrected chi connectivity index (χ1v) is 9.39. The molecule has 1 aromatic carbocycles. The van der Waals surface area contributed by atoms with Gasteiger partial charge in [-0.3, -0.25) is 19.8 Å². The van der Waals surface area contributed by atoms with Crippen molar-refractivity contribution in [1.29, 1.82) is 0 Å². The Morgan fingerprint density at radius 3 is 2.64 bits per heavy atom. The molecule has 0 bridgehead atoms. The van der Waals surface area contributed by atoms with Crippen LogP contribution in [0.2, 0.25) is 0 Å². The molecule has 5 nitrogen and oxygen atoms in total. The van der Waals surface area contributed by atoms with E-state index in [2.05, 4.69) is 57.0 Å². The highest BCUT2D eigenvalue weighted by atomic mass is 127. The maximum atomic E-state index is 12.5. The molecular formula is C17H14BrIN2O3S. The van der Waals surface area contributed by atoms with Crippen LogP contribution in [0.5, 0.6) is 5.75 Å². The number of rotatable bonds is 6. The van der Waals surface area contributed by atoms with Gasteiger partial charge in [-0.25, -0.2) is 0 Å². The molecule has 2 rings (SSSR count). The van der Waals surface area contributed by atoms with E-state index in [0.29, 0.717) is 17.9 Å². The van der Waals surface area contributed by atoms with E-state index in [1.54, 1.807) is 18.2 Å². The summed E-state index contributed by atoms with van der Waals surface area (Å²) in [6, 6.07) is 3.60. The van der Waals surface area contributed by atoms with Crippen molar-refractivity contribution in [1.82, 2.24) is 10.2 Å². The predicted molar refractivity (Wildman–Crippen MR) is 113 cm³/mol. The van der Waals surface area contributed by atoms with E-state index in [-0.39, 0.29) is 17.2 Å². The molecule has 25 heavy (non-hydrogen) atoms. The summed E-state index contributed by atoms with van der Waals surface area (Å²) in [6.07, 6.45) is 4.73. The average molecular weight is 533 g/mol. The molecule has 0 atom stereocenters. The molecule has 130 valence electrons. The minimum absolute atomic E-state index is 0.0120. The largest absolute Gasteiger partial charge is 0.487 e. The van der Waals surface area contributed by atoms with E-state index in [0.717, 1.165) is 8.04 Å². The summed E-state index contributed by atoms with van der Waals surface area (Å²) in [7, 11) is 0. The van der Waals surface area contributed by atoms with Crippen LogP contribution in [0.4, 0.5) is 0 Å². The second-order valence-corrected chi connectivity index (χ2v) is 7.34. The summed E-state index contributed by atoms with van der Waals surface area (Å²) in [6.45, 7) is 7.82.